The molecule has 35 heavy (non-hydrogen) atoms. The topological polar surface area (TPSA) is 154 Å². The molecule has 1 aliphatic heterocycles. The highest BCUT2D eigenvalue weighted by Crippen LogP contribution is 2.51. The number of carbonyl (C=O) groups is 2. The molecule has 10 heteroatoms. The van der Waals surface area contributed by atoms with Crippen molar-refractivity contribution in [2.45, 2.75) is 19.1 Å². The van der Waals surface area contributed by atoms with Crippen molar-refractivity contribution >= 4 is 11.8 Å². The summed E-state index contributed by atoms with van der Waals surface area (Å²) in [7, 11) is 0. The van der Waals surface area contributed by atoms with Crippen molar-refractivity contribution in [1.29, 1.82) is 0 Å². The van der Waals surface area contributed by atoms with Gasteiger partial charge in [-0.2, -0.15) is 0 Å². The number of imidazole rings is 1. The number of aromatic nitrogens is 3. The molecule has 2 fully saturated rings. The molecule has 2 aromatic heterocycles. The van der Waals surface area contributed by atoms with Crippen molar-refractivity contribution in [3.8, 4) is 23.2 Å². The molecule has 5 rings (SSSR count). The fraction of sp³-hybridized carbons (Fsp3) is 0.360. The van der Waals surface area contributed by atoms with Gasteiger partial charge in [0.05, 0.1) is 6.04 Å². The van der Waals surface area contributed by atoms with E-state index < -0.39 is 17.9 Å². The predicted molar refractivity (Wildman–Crippen MR) is 125 cm³/mol. The Hall–Kier alpha value is -3.94. The third-order valence-corrected chi connectivity index (χ3v) is 6.75. The van der Waals surface area contributed by atoms with Crippen LogP contribution in [0.3, 0.4) is 0 Å². The Labute approximate surface area is 201 Å². The molecule has 10 nitrogen and oxygen atoms in total. The third kappa shape index (κ3) is 4.32. The first-order valence-electron chi connectivity index (χ1n) is 11.5. The molecule has 5 atom stereocenters. The minimum Gasteiger partial charge on any atom is -0.385 e. The molecule has 0 bridgehead atoms. The van der Waals surface area contributed by atoms with Crippen molar-refractivity contribution in [1.82, 2.24) is 19.6 Å². The number of nitrogens with zero attached hydrogens (tertiary/aromatic N) is 4. The largest absolute Gasteiger partial charge is 0.385 e. The molecular formula is C25H26N6O4. The lowest BCUT2D eigenvalue weighted by Gasteiger charge is -2.17. The molecule has 180 valence electrons. The van der Waals surface area contributed by atoms with Crippen molar-refractivity contribution in [2.24, 2.45) is 29.2 Å². The zero-order valence-corrected chi connectivity index (χ0v) is 19.2. The number of primary amides is 1. The number of carbonyl (C=O) groups excluding carboxylic acids is 2. The lowest BCUT2D eigenvalue weighted by molar-refractivity contribution is -0.143. The van der Waals surface area contributed by atoms with E-state index in [2.05, 4.69) is 22.0 Å². The summed E-state index contributed by atoms with van der Waals surface area (Å²) < 4.78 is 7.38. The normalized spacial score (nSPS) is 22.1. The molecule has 1 unspecified atom stereocenters. The Kier molecular flexibility index (Phi) is 5.88. The summed E-state index contributed by atoms with van der Waals surface area (Å²) >= 11 is 0. The van der Waals surface area contributed by atoms with E-state index in [1.165, 1.54) is 4.90 Å². The van der Waals surface area contributed by atoms with Crippen LogP contribution >= 0.6 is 0 Å². The quantitative estimate of drug-likeness (QED) is 0.363. The standard InChI is InChI=1S/C25H26N6O4/c1-14(32)24-28-8-9-31(24)21(11-26)20-10-22(35-29-20)16-5-2-15(3-6-16)4-7-17-18-12-30(13-19(17)18)25(34)23(27)33/h2-3,5-6,8-10,14,17-19,21,32H,11-13,26H2,1H3,(H2,27,33)/t14-,17?,18-,19+,21+/m0/s1. The maximum atomic E-state index is 11.7. The van der Waals surface area contributed by atoms with Gasteiger partial charge in [0.25, 0.3) is 0 Å². The summed E-state index contributed by atoms with van der Waals surface area (Å²) in [5, 5.41) is 14.2. The average Bonchev–Trinajstić information content (AvgIpc) is 3.36. The Morgan fingerprint density at radius 1 is 1.26 bits per heavy atom. The molecule has 0 radical (unpaired) electrons. The molecule has 2 amide bonds. The Morgan fingerprint density at radius 2 is 1.97 bits per heavy atom. The number of benzene rings is 1. The summed E-state index contributed by atoms with van der Waals surface area (Å²) in [5.74, 6) is 6.98. The van der Waals surface area contributed by atoms with Gasteiger partial charge in [0.2, 0.25) is 0 Å². The smallest absolute Gasteiger partial charge is 0.311 e. The van der Waals surface area contributed by atoms with E-state index in [1.54, 1.807) is 23.9 Å². The van der Waals surface area contributed by atoms with Crippen LogP contribution < -0.4 is 11.5 Å². The van der Waals surface area contributed by atoms with Crippen LogP contribution in [0.5, 0.6) is 0 Å². The molecule has 0 spiro atoms. The van der Waals surface area contributed by atoms with Crippen LogP contribution in [0, 0.1) is 29.6 Å². The molecule has 1 aromatic carbocycles. The number of amides is 2. The highest BCUT2D eigenvalue weighted by molar-refractivity contribution is 6.34. The van der Waals surface area contributed by atoms with Crippen LogP contribution in [-0.4, -0.2) is 56.2 Å². The van der Waals surface area contributed by atoms with Crippen LogP contribution in [-0.2, 0) is 9.59 Å². The number of rotatable bonds is 5. The van der Waals surface area contributed by atoms with Crippen molar-refractivity contribution < 1.29 is 19.2 Å². The van der Waals surface area contributed by atoms with E-state index in [1.807, 2.05) is 30.3 Å². The van der Waals surface area contributed by atoms with Crippen LogP contribution in [0.25, 0.3) is 11.3 Å². The summed E-state index contributed by atoms with van der Waals surface area (Å²) in [4.78, 5) is 28.5. The maximum absolute atomic E-state index is 11.7. The van der Waals surface area contributed by atoms with Gasteiger partial charge in [-0.15, -0.1) is 0 Å². The van der Waals surface area contributed by atoms with E-state index in [0.29, 0.717) is 42.2 Å². The number of aliphatic hydroxyl groups excluding tert-OH is 1. The second-order valence-corrected chi connectivity index (χ2v) is 9.01. The second-order valence-electron chi connectivity index (χ2n) is 9.01. The first-order chi connectivity index (χ1) is 16.9. The lowest BCUT2D eigenvalue weighted by atomic mass is 10.1. The Bertz CT molecular complexity index is 1300. The number of fused-ring (bicyclic) bond motifs is 1. The monoisotopic (exact) mass is 474 g/mol. The molecule has 5 N–H and O–H groups in total. The van der Waals surface area contributed by atoms with Crippen LogP contribution in [0.2, 0.25) is 0 Å². The summed E-state index contributed by atoms with van der Waals surface area (Å²) in [6.45, 7) is 3.01. The number of hydrogen-bond donors (Lipinski definition) is 3. The van der Waals surface area contributed by atoms with Gasteiger partial charge >= 0.3 is 11.8 Å². The molecular weight excluding hydrogens is 448 g/mol. The van der Waals surface area contributed by atoms with Crippen LogP contribution in [0.1, 0.15) is 36.2 Å². The number of piperidine rings is 1. The van der Waals surface area contributed by atoms with Gasteiger partial charge in [-0.1, -0.05) is 17.0 Å². The first-order valence-corrected chi connectivity index (χ1v) is 11.5. The van der Waals surface area contributed by atoms with E-state index in [0.717, 1.165) is 11.1 Å². The minimum absolute atomic E-state index is 0.242. The highest BCUT2D eigenvalue weighted by Gasteiger charge is 2.56. The fourth-order valence-corrected chi connectivity index (χ4v) is 4.82. The van der Waals surface area contributed by atoms with Crippen molar-refractivity contribution in [3.63, 3.8) is 0 Å². The maximum Gasteiger partial charge on any atom is 0.311 e. The van der Waals surface area contributed by atoms with Gasteiger partial charge in [-0.3, -0.25) is 9.59 Å². The number of likely N-dealkylation sites (tertiary alicyclic amines) is 1. The molecule has 1 saturated carbocycles. The third-order valence-electron chi connectivity index (χ3n) is 6.75. The molecule has 3 heterocycles. The van der Waals surface area contributed by atoms with E-state index in [9.17, 15) is 14.7 Å². The lowest BCUT2D eigenvalue weighted by Crippen LogP contribution is -2.40. The highest BCUT2D eigenvalue weighted by atomic mass is 16.5. The van der Waals surface area contributed by atoms with Crippen molar-refractivity contribution in [3.05, 3.63) is 59.8 Å². The summed E-state index contributed by atoms with van der Waals surface area (Å²) in [5.41, 5.74) is 13.5. The molecule has 1 aliphatic carbocycles. The van der Waals surface area contributed by atoms with Crippen LogP contribution in [0.15, 0.2) is 47.2 Å². The second kappa shape index (κ2) is 9.02. The van der Waals surface area contributed by atoms with E-state index in [4.69, 9.17) is 16.0 Å². The van der Waals surface area contributed by atoms with Gasteiger partial charge < -0.3 is 30.6 Å². The molecule has 1 saturated heterocycles. The van der Waals surface area contributed by atoms with E-state index >= 15 is 0 Å². The van der Waals surface area contributed by atoms with Gasteiger partial charge in [-0.05, 0) is 43.0 Å². The average molecular weight is 475 g/mol. The predicted octanol–water partition coefficient (Wildman–Crippen LogP) is 0.681. The van der Waals surface area contributed by atoms with Crippen molar-refractivity contribution in [2.75, 3.05) is 19.6 Å². The Balaban J connectivity index is 1.24. The zero-order valence-electron chi connectivity index (χ0n) is 19.2. The first kappa shape index (κ1) is 22.8. The van der Waals surface area contributed by atoms with Gasteiger partial charge in [0.15, 0.2) is 5.76 Å². The number of nitrogens with two attached hydrogens (primary N) is 2. The van der Waals surface area contributed by atoms with Gasteiger partial charge in [0, 0.05) is 55.1 Å². The summed E-state index contributed by atoms with van der Waals surface area (Å²) in [6, 6.07) is 9.23. The minimum atomic E-state index is -0.905. The van der Waals surface area contributed by atoms with E-state index in [-0.39, 0.29) is 18.5 Å². The van der Waals surface area contributed by atoms with Crippen LogP contribution in [0.4, 0.5) is 0 Å². The number of aliphatic hydroxyl groups is 1. The van der Waals surface area contributed by atoms with Gasteiger partial charge in [-0.25, -0.2) is 4.98 Å². The fourth-order valence-electron chi connectivity index (χ4n) is 4.82. The number of hydrogen-bond acceptors (Lipinski definition) is 7. The Morgan fingerprint density at radius 3 is 2.60 bits per heavy atom. The SMILES string of the molecule is C[C@H](O)c1nccn1[C@H](CN)c1cc(-c2ccc(C#CC3[C@H]4CN(C(=O)C(N)=O)C[C@@H]34)cc2)on1. The summed E-state index contributed by atoms with van der Waals surface area (Å²) in [6.07, 6.45) is 2.66. The molecule has 2 aliphatic rings. The zero-order chi connectivity index (χ0) is 24.7. The van der Waals surface area contributed by atoms with Gasteiger partial charge in [0.1, 0.15) is 17.6 Å². The molecule has 3 aromatic rings.